The zero-order valence-corrected chi connectivity index (χ0v) is 16.1. The van der Waals surface area contributed by atoms with Gasteiger partial charge in [0, 0.05) is 5.69 Å². The summed E-state index contributed by atoms with van der Waals surface area (Å²) in [5.74, 6) is 1.89. The molecule has 8 nitrogen and oxygen atoms in total. The first-order valence-corrected chi connectivity index (χ1v) is 9.39. The molecule has 0 fully saturated rings. The topological polar surface area (TPSA) is 99.4 Å². The molecule has 3 aromatic rings. The predicted molar refractivity (Wildman–Crippen MR) is 107 cm³/mol. The summed E-state index contributed by atoms with van der Waals surface area (Å²) in [7, 11) is 0. The zero-order valence-electron chi connectivity index (χ0n) is 16.1. The van der Waals surface area contributed by atoms with E-state index in [1.54, 1.807) is 36.4 Å². The Bertz CT molecular complexity index is 970. The number of fused-ring (bicyclic) bond motifs is 1. The maximum absolute atomic E-state index is 11.9. The van der Waals surface area contributed by atoms with E-state index in [2.05, 4.69) is 5.32 Å². The number of amides is 1. The van der Waals surface area contributed by atoms with E-state index in [-0.39, 0.29) is 31.7 Å². The number of anilines is 1. The summed E-state index contributed by atoms with van der Waals surface area (Å²) in [6.07, 6.45) is 0.660. The molecular formula is C22H21NO7. The molecule has 0 radical (unpaired) electrons. The molecule has 0 saturated heterocycles. The number of aliphatic hydroxyl groups is 1. The van der Waals surface area contributed by atoms with E-state index in [1.807, 2.05) is 18.2 Å². The molecule has 1 aliphatic heterocycles. The molecule has 0 aliphatic carbocycles. The lowest BCUT2D eigenvalue weighted by Crippen LogP contribution is -2.23. The quantitative estimate of drug-likeness (QED) is 0.558. The fourth-order valence-corrected chi connectivity index (χ4v) is 2.82. The second kappa shape index (κ2) is 9.34. The van der Waals surface area contributed by atoms with Crippen LogP contribution < -0.4 is 19.5 Å². The lowest BCUT2D eigenvalue weighted by Gasteiger charge is -2.13. The van der Waals surface area contributed by atoms with Gasteiger partial charge < -0.3 is 33.8 Å². The van der Waals surface area contributed by atoms with E-state index in [0.717, 1.165) is 11.3 Å². The van der Waals surface area contributed by atoms with Crippen LogP contribution in [0.15, 0.2) is 65.3 Å². The van der Waals surface area contributed by atoms with E-state index < -0.39 is 6.10 Å². The monoisotopic (exact) mass is 411 g/mol. The van der Waals surface area contributed by atoms with E-state index in [1.165, 1.54) is 6.26 Å². The van der Waals surface area contributed by atoms with Gasteiger partial charge in [-0.2, -0.15) is 0 Å². The molecule has 1 aromatic heterocycles. The largest absolute Gasteiger partial charge is 0.491 e. The van der Waals surface area contributed by atoms with Crippen molar-refractivity contribution in [2.75, 3.05) is 25.3 Å². The first-order valence-electron chi connectivity index (χ1n) is 9.39. The highest BCUT2D eigenvalue weighted by atomic mass is 16.7. The van der Waals surface area contributed by atoms with Crippen molar-refractivity contribution in [3.05, 3.63) is 72.2 Å². The number of nitrogens with one attached hydrogen (secondary N) is 1. The molecule has 2 heterocycles. The number of hydrogen-bond donors (Lipinski definition) is 2. The molecule has 1 aliphatic rings. The molecule has 1 amide bonds. The van der Waals surface area contributed by atoms with Gasteiger partial charge >= 0.3 is 0 Å². The standard InChI is InChI=1S/C22H21NO7/c24-17(12-26-11-15-3-8-19-21(10-15)30-14-29-19)13-28-18-6-4-16(5-7-18)23-22(25)20-2-1-9-27-20/h1-10,17,24H,11-14H2,(H,23,25)/t17-/m1/s1. The van der Waals surface area contributed by atoms with Gasteiger partial charge in [0.2, 0.25) is 6.79 Å². The van der Waals surface area contributed by atoms with Crippen molar-refractivity contribution < 1.29 is 33.3 Å². The third-order valence-electron chi connectivity index (χ3n) is 4.32. The number of benzene rings is 2. The molecule has 30 heavy (non-hydrogen) atoms. The summed E-state index contributed by atoms with van der Waals surface area (Å²) in [4.78, 5) is 11.9. The Balaban J connectivity index is 1.17. The predicted octanol–water partition coefficient (Wildman–Crippen LogP) is 3.22. The van der Waals surface area contributed by atoms with Crippen LogP contribution in [-0.2, 0) is 11.3 Å². The minimum absolute atomic E-state index is 0.0826. The third kappa shape index (κ3) is 5.11. The molecule has 0 bridgehead atoms. The van der Waals surface area contributed by atoms with E-state index in [9.17, 15) is 9.90 Å². The Hall–Kier alpha value is -3.49. The Kier molecular flexibility index (Phi) is 6.17. The van der Waals surface area contributed by atoms with Gasteiger partial charge in [-0.1, -0.05) is 6.07 Å². The first-order chi connectivity index (χ1) is 14.7. The molecule has 1 atom stereocenters. The molecule has 0 saturated carbocycles. The molecule has 156 valence electrons. The minimum Gasteiger partial charge on any atom is -0.491 e. The summed E-state index contributed by atoms with van der Waals surface area (Å²) in [6, 6.07) is 15.6. The number of rotatable bonds is 9. The van der Waals surface area contributed by atoms with Crippen LogP contribution in [0.1, 0.15) is 16.1 Å². The normalized spacial score (nSPS) is 13.1. The number of carbonyl (C=O) groups is 1. The molecule has 8 heteroatoms. The van der Waals surface area contributed by atoms with Crippen LogP contribution >= 0.6 is 0 Å². The number of furan rings is 1. The van der Waals surface area contributed by atoms with Gasteiger partial charge in [0.05, 0.1) is 19.5 Å². The van der Waals surface area contributed by atoms with Crippen molar-refractivity contribution in [3.63, 3.8) is 0 Å². The number of carbonyl (C=O) groups excluding carboxylic acids is 1. The highest BCUT2D eigenvalue weighted by Crippen LogP contribution is 2.32. The number of hydrogen-bond acceptors (Lipinski definition) is 7. The fraction of sp³-hybridized carbons (Fsp3) is 0.227. The lowest BCUT2D eigenvalue weighted by molar-refractivity contribution is 0.00546. The van der Waals surface area contributed by atoms with Crippen molar-refractivity contribution in [2.45, 2.75) is 12.7 Å². The van der Waals surface area contributed by atoms with Gasteiger partial charge in [0.25, 0.3) is 5.91 Å². The second-order valence-corrected chi connectivity index (χ2v) is 6.62. The third-order valence-corrected chi connectivity index (χ3v) is 4.32. The Morgan fingerprint density at radius 1 is 1.07 bits per heavy atom. The average Bonchev–Trinajstić information content (AvgIpc) is 3.45. The van der Waals surface area contributed by atoms with Crippen LogP contribution in [0.4, 0.5) is 5.69 Å². The minimum atomic E-state index is -0.780. The Morgan fingerprint density at radius 2 is 1.90 bits per heavy atom. The van der Waals surface area contributed by atoms with Crippen LogP contribution in [0, 0.1) is 0 Å². The molecular weight excluding hydrogens is 390 g/mol. The Morgan fingerprint density at radius 3 is 2.70 bits per heavy atom. The maximum atomic E-state index is 11.9. The number of aliphatic hydroxyl groups excluding tert-OH is 1. The molecule has 2 N–H and O–H groups in total. The van der Waals surface area contributed by atoms with Crippen LogP contribution in [0.3, 0.4) is 0 Å². The molecule has 4 rings (SSSR count). The molecule has 0 unspecified atom stereocenters. The molecule has 0 spiro atoms. The van der Waals surface area contributed by atoms with Crippen LogP contribution in [0.5, 0.6) is 17.2 Å². The summed E-state index contributed by atoms with van der Waals surface area (Å²) in [5.41, 5.74) is 1.54. The number of ether oxygens (including phenoxy) is 4. The lowest BCUT2D eigenvalue weighted by atomic mass is 10.2. The van der Waals surface area contributed by atoms with Crippen molar-refractivity contribution in [1.29, 1.82) is 0 Å². The van der Waals surface area contributed by atoms with Crippen molar-refractivity contribution in [1.82, 2.24) is 0 Å². The van der Waals surface area contributed by atoms with Crippen LogP contribution in [0.25, 0.3) is 0 Å². The summed E-state index contributed by atoms with van der Waals surface area (Å²) in [5, 5.41) is 12.8. The zero-order chi connectivity index (χ0) is 20.8. The summed E-state index contributed by atoms with van der Waals surface area (Å²) >= 11 is 0. The second-order valence-electron chi connectivity index (χ2n) is 6.62. The van der Waals surface area contributed by atoms with E-state index >= 15 is 0 Å². The first kappa shape index (κ1) is 19.8. The van der Waals surface area contributed by atoms with Crippen LogP contribution in [0.2, 0.25) is 0 Å². The fourth-order valence-electron chi connectivity index (χ4n) is 2.82. The van der Waals surface area contributed by atoms with Crippen molar-refractivity contribution >= 4 is 11.6 Å². The van der Waals surface area contributed by atoms with Gasteiger partial charge in [-0.15, -0.1) is 0 Å². The maximum Gasteiger partial charge on any atom is 0.291 e. The van der Waals surface area contributed by atoms with Crippen molar-refractivity contribution in [2.24, 2.45) is 0 Å². The van der Waals surface area contributed by atoms with Gasteiger partial charge in [-0.05, 0) is 54.1 Å². The average molecular weight is 411 g/mol. The summed E-state index contributed by atoms with van der Waals surface area (Å²) in [6.45, 7) is 0.787. The van der Waals surface area contributed by atoms with Gasteiger partial charge in [0.15, 0.2) is 17.3 Å². The van der Waals surface area contributed by atoms with E-state index in [0.29, 0.717) is 23.8 Å². The van der Waals surface area contributed by atoms with Gasteiger partial charge in [-0.25, -0.2) is 0 Å². The van der Waals surface area contributed by atoms with E-state index in [4.69, 9.17) is 23.4 Å². The van der Waals surface area contributed by atoms with Crippen LogP contribution in [-0.4, -0.2) is 37.1 Å². The summed E-state index contributed by atoms with van der Waals surface area (Å²) < 4.78 is 26.8. The van der Waals surface area contributed by atoms with Gasteiger partial charge in [0.1, 0.15) is 18.5 Å². The SMILES string of the molecule is O=C(Nc1ccc(OC[C@H](O)COCc2ccc3c(c2)OCO3)cc1)c1ccco1. The highest BCUT2D eigenvalue weighted by Gasteiger charge is 2.14. The van der Waals surface area contributed by atoms with Gasteiger partial charge in [-0.3, -0.25) is 4.79 Å². The van der Waals surface area contributed by atoms with Crippen molar-refractivity contribution in [3.8, 4) is 17.2 Å². The highest BCUT2D eigenvalue weighted by molar-refractivity contribution is 6.02. The Labute approximate surface area is 172 Å². The molecule has 2 aromatic carbocycles. The smallest absolute Gasteiger partial charge is 0.291 e.